The molecule has 12 heavy (non-hydrogen) atoms. The number of benzene rings is 1. The highest BCUT2D eigenvalue weighted by molar-refractivity contribution is 7.87. The van der Waals surface area contributed by atoms with Crippen molar-refractivity contribution >= 4 is 16.0 Å². The summed E-state index contributed by atoms with van der Waals surface area (Å²) in [6, 6.07) is 8.47. The van der Waals surface area contributed by atoms with Crippen molar-refractivity contribution in [1.29, 1.82) is 0 Å². The van der Waals surface area contributed by atoms with Gasteiger partial charge in [0, 0.05) is 6.07 Å². The van der Waals surface area contributed by atoms with E-state index in [0.29, 0.717) is 5.56 Å². The van der Waals surface area contributed by atoms with Crippen molar-refractivity contribution < 1.29 is 13.0 Å². The van der Waals surface area contributed by atoms with Crippen molar-refractivity contribution in [3.05, 3.63) is 29.8 Å². The molecule has 2 radical (unpaired) electrons. The van der Waals surface area contributed by atoms with E-state index in [9.17, 15) is 8.42 Å². The number of rotatable bonds is 2. The number of hydrogen-bond acceptors (Lipinski definition) is 2. The molecule has 0 heterocycles. The number of aryl methyl sites for hydroxylation is 1. The third kappa shape index (κ3) is 2.52. The molecule has 0 atom stereocenters. The van der Waals surface area contributed by atoms with Crippen molar-refractivity contribution in [1.82, 2.24) is 0 Å². The Labute approximate surface area is 71.1 Å². The van der Waals surface area contributed by atoms with Gasteiger partial charge in [-0.25, -0.2) is 0 Å². The minimum Gasteiger partial charge on any atom is -0.269 e. The Kier molecular flexibility index (Phi) is 2.35. The highest BCUT2D eigenvalue weighted by Gasteiger charge is 2.05. The van der Waals surface area contributed by atoms with Crippen LogP contribution in [0.5, 0.6) is 0 Å². The summed E-state index contributed by atoms with van der Waals surface area (Å²) in [7, 11) is -4.20. The number of nitrogens with one attached hydrogen (secondary N) is 1. The molecular weight excluding hydrogens is 178 g/mol. The van der Waals surface area contributed by atoms with Gasteiger partial charge in [-0.15, -0.1) is 0 Å². The highest BCUT2D eigenvalue weighted by atomic mass is 32.2. The lowest BCUT2D eigenvalue weighted by molar-refractivity contribution is 0.489. The summed E-state index contributed by atoms with van der Waals surface area (Å²) in [6.07, 6.45) is 0. The monoisotopic (exact) mass is 185 g/mol. The molecule has 0 aliphatic rings. The zero-order valence-electron chi connectivity index (χ0n) is 6.33. The Morgan fingerprint density at radius 2 is 2.00 bits per heavy atom. The predicted octanol–water partition coefficient (Wildman–Crippen LogP) is 0.810. The molecule has 0 bridgehead atoms. The molecule has 0 amide bonds. The van der Waals surface area contributed by atoms with Gasteiger partial charge in [-0.05, 0) is 18.6 Å². The van der Waals surface area contributed by atoms with Gasteiger partial charge in [0.2, 0.25) is 0 Å². The fraction of sp³-hybridized carbons (Fsp3) is 0.143. The van der Waals surface area contributed by atoms with Crippen molar-refractivity contribution in [2.24, 2.45) is 0 Å². The van der Waals surface area contributed by atoms with Crippen molar-refractivity contribution in [3.63, 3.8) is 0 Å². The second-order valence-corrected chi connectivity index (χ2v) is 3.35. The van der Waals surface area contributed by atoms with Gasteiger partial charge < -0.3 is 0 Å². The van der Waals surface area contributed by atoms with Gasteiger partial charge in [-0.3, -0.25) is 9.27 Å². The fourth-order valence-corrected chi connectivity index (χ4v) is 1.18. The van der Waals surface area contributed by atoms with E-state index in [0.717, 1.165) is 0 Å². The SMILES string of the molecule is Cc1[c]cc[c]c1NS(=O)(=O)O. The standard InChI is InChI=1S/C7H7NO3S/c1-6-4-2-3-5-7(6)8-12(9,10)11/h2-3,8H,1H3,(H,9,10,11). The summed E-state index contributed by atoms with van der Waals surface area (Å²) < 4.78 is 31.0. The van der Waals surface area contributed by atoms with Gasteiger partial charge in [0.15, 0.2) is 0 Å². The molecule has 0 aliphatic heterocycles. The zero-order chi connectivity index (χ0) is 9.19. The third-order valence-corrected chi connectivity index (χ3v) is 1.68. The minimum absolute atomic E-state index is 0.208. The highest BCUT2D eigenvalue weighted by Crippen LogP contribution is 2.12. The zero-order valence-corrected chi connectivity index (χ0v) is 7.14. The van der Waals surface area contributed by atoms with E-state index in [1.165, 1.54) is 6.07 Å². The van der Waals surface area contributed by atoms with Crippen LogP contribution in [0.25, 0.3) is 0 Å². The van der Waals surface area contributed by atoms with E-state index in [1.807, 2.05) is 4.72 Å². The summed E-state index contributed by atoms with van der Waals surface area (Å²) in [5.41, 5.74) is 0.787. The Morgan fingerprint density at radius 1 is 1.42 bits per heavy atom. The quantitative estimate of drug-likeness (QED) is 0.670. The molecule has 1 aromatic rings. The number of anilines is 1. The molecular formula is C7H7NO3S. The lowest BCUT2D eigenvalue weighted by atomic mass is 10.2. The third-order valence-electron chi connectivity index (χ3n) is 1.22. The molecule has 0 saturated heterocycles. The molecule has 0 aromatic heterocycles. The molecule has 1 aromatic carbocycles. The average molecular weight is 185 g/mol. The topological polar surface area (TPSA) is 66.4 Å². The van der Waals surface area contributed by atoms with Crippen LogP contribution in [0.3, 0.4) is 0 Å². The van der Waals surface area contributed by atoms with Gasteiger partial charge in [0.1, 0.15) is 0 Å². The van der Waals surface area contributed by atoms with Crippen LogP contribution in [-0.2, 0) is 10.3 Å². The summed E-state index contributed by atoms with van der Waals surface area (Å²) in [5.74, 6) is 0. The molecule has 5 heteroatoms. The molecule has 0 saturated carbocycles. The van der Waals surface area contributed by atoms with Crippen LogP contribution in [0.4, 0.5) is 5.69 Å². The van der Waals surface area contributed by atoms with E-state index in [2.05, 4.69) is 12.1 Å². The Hall–Kier alpha value is -1.07. The van der Waals surface area contributed by atoms with E-state index in [4.69, 9.17) is 4.55 Å². The van der Waals surface area contributed by atoms with E-state index < -0.39 is 10.3 Å². The maximum atomic E-state index is 10.4. The van der Waals surface area contributed by atoms with Crippen LogP contribution in [0.15, 0.2) is 12.1 Å². The maximum absolute atomic E-state index is 10.4. The van der Waals surface area contributed by atoms with Crippen LogP contribution >= 0.6 is 0 Å². The van der Waals surface area contributed by atoms with Crippen molar-refractivity contribution in [2.45, 2.75) is 6.92 Å². The van der Waals surface area contributed by atoms with Crippen LogP contribution < -0.4 is 4.72 Å². The summed E-state index contributed by atoms with van der Waals surface area (Å²) in [5, 5.41) is 0. The molecule has 4 nitrogen and oxygen atoms in total. The first kappa shape index (κ1) is 9.02. The van der Waals surface area contributed by atoms with Crippen LogP contribution in [0.2, 0.25) is 0 Å². The minimum atomic E-state index is -4.20. The fourth-order valence-electron chi connectivity index (χ4n) is 0.707. The maximum Gasteiger partial charge on any atom is 0.357 e. The summed E-state index contributed by atoms with van der Waals surface area (Å²) in [4.78, 5) is 0. The normalized spacial score (nSPS) is 11.2. The van der Waals surface area contributed by atoms with Crippen LogP contribution in [0, 0.1) is 19.1 Å². The van der Waals surface area contributed by atoms with Crippen LogP contribution in [0.1, 0.15) is 5.56 Å². The Bertz CT molecular complexity index is 372. The van der Waals surface area contributed by atoms with Gasteiger partial charge in [-0.1, -0.05) is 12.1 Å². The summed E-state index contributed by atoms with van der Waals surface area (Å²) >= 11 is 0. The lowest BCUT2D eigenvalue weighted by Crippen LogP contribution is -2.11. The molecule has 64 valence electrons. The van der Waals surface area contributed by atoms with Gasteiger partial charge >= 0.3 is 10.3 Å². The van der Waals surface area contributed by atoms with Gasteiger partial charge in [-0.2, -0.15) is 8.42 Å². The second kappa shape index (κ2) is 3.12. The Morgan fingerprint density at radius 3 is 2.50 bits per heavy atom. The molecule has 0 aliphatic carbocycles. The van der Waals surface area contributed by atoms with Crippen molar-refractivity contribution in [2.75, 3.05) is 4.72 Å². The first-order chi connectivity index (χ1) is 5.49. The molecule has 0 fully saturated rings. The lowest BCUT2D eigenvalue weighted by Gasteiger charge is -2.03. The molecule has 1 rings (SSSR count). The smallest absolute Gasteiger partial charge is 0.269 e. The largest absolute Gasteiger partial charge is 0.357 e. The molecule has 0 spiro atoms. The number of hydrogen-bond donors (Lipinski definition) is 2. The van der Waals surface area contributed by atoms with E-state index >= 15 is 0 Å². The molecule has 2 N–H and O–H groups in total. The summed E-state index contributed by atoms with van der Waals surface area (Å²) in [6.45, 7) is 1.66. The first-order valence-electron chi connectivity index (χ1n) is 3.13. The molecule has 0 unspecified atom stereocenters. The van der Waals surface area contributed by atoms with Gasteiger partial charge in [0.25, 0.3) is 0 Å². The first-order valence-corrected chi connectivity index (χ1v) is 4.57. The van der Waals surface area contributed by atoms with Crippen LogP contribution in [-0.4, -0.2) is 13.0 Å². The van der Waals surface area contributed by atoms with E-state index in [1.54, 1.807) is 13.0 Å². The Balaban J connectivity index is 2.98. The second-order valence-electron chi connectivity index (χ2n) is 2.20. The van der Waals surface area contributed by atoms with Crippen molar-refractivity contribution in [3.8, 4) is 0 Å². The van der Waals surface area contributed by atoms with Gasteiger partial charge in [0.05, 0.1) is 5.69 Å². The predicted molar refractivity (Wildman–Crippen MR) is 44.0 cm³/mol. The average Bonchev–Trinajstić information content (AvgIpc) is 1.91. The van der Waals surface area contributed by atoms with E-state index in [-0.39, 0.29) is 5.69 Å².